The summed E-state index contributed by atoms with van der Waals surface area (Å²) in [7, 11) is 0. The molecule has 98 valence electrons. The molecule has 0 spiro atoms. The number of aromatic nitrogens is 4. The van der Waals surface area contributed by atoms with Gasteiger partial charge in [0.15, 0.2) is 11.5 Å². The highest BCUT2D eigenvalue weighted by Gasteiger charge is 2.08. The van der Waals surface area contributed by atoms with Crippen LogP contribution in [-0.4, -0.2) is 19.9 Å². The number of hydrogen-bond acceptors (Lipinski definition) is 6. The molecule has 0 aliphatic carbocycles. The number of nitrogen functional groups attached to an aromatic ring is 1. The fraction of sp³-hybridized carbons (Fsp3) is 0.0769. The van der Waals surface area contributed by atoms with Crippen molar-refractivity contribution >= 4 is 28.6 Å². The zero-order chi connectivity index (χ0) is 13.9. The lowest BCUT2D eigenvalue weighted by Crippen LogP contribution is -2.01. The van der Waals surface area contributed by atoms with Crippen molar-refractivity contribution in [3.8, 4) is 6.07 Å². The molecular formula is C13H11N7. The van der Waals surface area contributed by atoms with Crippen LogP contribution < -0.4 is 11.1 Å². The van der Waals surface area contributed by atoms with Crippen LogP contribution in [0.2, 0.25) is 0 Å². The van der Waals surface area contributed by atoms with E-state index in [0.29, 0.717) is 23.4 Å². The Kier molecular flexibility index (Phi) is 2.89. The summed E-state index contributed by atoms with van der Waals surface area (Å²) in [4.78, 5) is 15.2. The van der Waals surface area contributed by atoms with E-state index in [1.807, 2.05) is 24.3 Å². The van der Waals surface area contributed by atoms with Gasteiger partial charge in [0.2, 0.25) is 5.95 Å². The Balaban J connectivity index is 1.93. The number of hydrogen-bond donors (Lipinski definition) is 3. The van der Waals surface area contributed by atoms with E-state index in [4.69, 9.17) is 11.0 Å². The van der Waals surface area contributed by atoms with Gasteiger partial charge in [0.25, 0.3) is 0 Å². The molecule has 2 aromatic heterocycles. The third-order valence-corrected chi connectivity index (χ3v) is 2.80. The predicted molar refractivity (Wildman–Crippen MR) is 75.1 cm³/mol. The largest absolute Gasteiger partial charge is 0.368 e. The van der Waals surface area contributed by atoms with Gasteiger partial charge in [0.05, 0.1) is 18.8 Å². The van der Waals surface area contributed by atoms with E-state index in [1.165, 1.54) is 0 Å². The average Bonchev–Trinajstić information content (AvgIpc) is 2.89. The van der Waals surface area contributed by atoms with Crippen molar-refractivity contribution in [3.05, 3.63) is 36.2 Å². The summed E-state index contributed by atoms with van der Waals surface area (Å²) < 4.78 is 0. The van der Waals surface area contributed by atoms with E-state index in [0.717, 1.165) is 11.3 Å². The standard InChI is InChI=1S/C13H11N7/c14-6-5-8-1-3-9(4-2-8)18-12-10-11(17-7-16-10)19-13(15)20-12/h1-4,7H,5H2,(H4,15,16,17,18,19,20). The second-order valence-corrected chi connectivity index (χ2v) is 4.19. The Bertz CT molecular complexity index is 783. The first kappa shape index (κ1) is 11.9. The van der Waals surface area contributed by atoms with Crippen LogP contribution in [0.4, 0.5) is 17.5 Å². The highest BCUT2D eigenvalue weighted by molar-refractivity contribution is 5.85. The molecule has 20 heavy (non-hydrogen) atoms. The minimum atomic E-state index is 0.160. The van der Waals surface area contributed by atoms with Gasteiger partial charge in [-0.3, -0.25) is 0 Å². The molecule has 1 aromatic carbocycles. The van der Waals surface area contributed by atoms with E-state index in [9.17, 15) is 0 Å². The average molecular weight is 265 g/mol. The number of benzene rings is 1. The Morgan fingerprint density at radius 3 is 2.80 bits per heavy atom. The second kappa shape index (κ2) is 4.85. The summed E-state index contributed by atoms with van der Waals surface area (Å²) in [6.45, 7) is 0. The zero-order valence-corrected chi connectivity index (χ0v) is 10.5. The van der Waals surface area contributed by atoms with Crippen LogP contribution in [0.5, 0.6) is 0 Å². The van der Waals surface area contributed by atoms with E-state index in [1.54, 1.807) is 6.33 Å². The van der Waals surface area contributed by atoms with Crippen LogP contribution in [0.1, 0.15) is 5.56 Å². The fourth-order valence-electron chi connectivity index (χ4n) is 1.87. The summed E-state index contributed by atoms with van der Waals surface area (Å²) in [5, 5.41) is 11.8. The van der Waals surface area contributed by atoms with Crippen molar-refractivity contribution in [1.82, 2.24) is 19.9 Å². The predicted octanol–water partition coefficient (Wildman–Crippen LogP) is 1.74. The van der Waals surface area contributed by atoms with Gasteiger partial charge in [-0.15, -0.1) is 0 Å². The lowest BCUT2D eigenvalue weighted by atomic mass is 10.1. The number of anilines is 3. The number of nitrogens with zero attached hydrogens (tertiary/aromatic N) is 4. The molecule has 0 bridgehead atoms. The minimum absolute atomic E-state index is 0.160. The molecule has 3 aromatic rings. The van der Waals surface area contributed by atoms with Crippen molar-refractivity contribution in [1.29, 1.82) is 5.26 Å². The van der Waals surface area contributed by atoms with Crippen molar-refractivity contribution in [3.63, 3.8) is 0 Å². The molecule has 3 rings (SSSR count). The van der Waals surface area contributed by atoms with E-state index < -0.39 is 0 Å². The number of fused-ring (bicyclic) bond motifs is 1. The smallest absolute Gasteiger partial charge is 0.224 e. The van der Waals surface area contributed by atoms with Crippen molar-refractivity contribution in [2.75, 3.05) is 11.1 Å². The number of H-pyrrole nitrogens is 1. The summed E-state index contributed by atoms with van der Waals surface area (Å²) >= 11 is 0. The van der Waals surface area contributed by atoms with Gasteiger partial charge in [0.1, 0.15) is 5.52 Å². The van der Waals surface area contributed by atoms with E-state index >= 15 is 0 Å². The van der Waals surface area contributed by atoms with Crippen LogP contribution in [0.15, 0.2) is 30.6 Å². The zero-order valence-electron chi connectivity index (χ0n) is 10.5. The molecule has 0 radical (unpaired) electrons. The Morgan fingerprint density at radius 2 is 2.05 bits per heavy atom. The summed E-state index contributed by atoms with van der Waals surface area (Å²) in [5.41, 5.74) is 8.67. The maximum Gasteiger partial charge on any atom is 0.224 e. The lowest BCUT2D eigenvalue weighted by molar-refractivity contribution is 1.21. The third kappa shape index (κ3) is 2.22. The molecular weight excluding hydrogens is 254 g/mol. The molecule has 0 unspecified atom stereocenters. The first-order chi connectivity index (χ1) is 9.76. The first-order valence-electron chi connectivity index (χ1n) is 5.96. The lowest BCUT2D eigenvalue weighted by Gasteiger charge is -2.07. The summed E-state index contributed by atoms with van der Waals surface area (Å²) in [6, 6.07) is 9.65. The number of nitriles is 1. The van der Waals surface area contributed by atoms with Gasteiger partial charge < -0.3 is 16.0 Å². The molecule has 0 amide bonds. The number of nitrogens with one attached hydrogen (secondary N) is 2. The topological polar surface area (TPSA) is 116 Å². The van der Waals surface area contributed by atoms with E-state index in [2.05, 4.69) is 31.3 Å². The number of aromatic amines is 1. The molecule has 0 saturated carbocycles. The van der Waals surface area contributed by atoms with Gasteiger partial charge in [0, 0.05) is 5.69 Å². The van der Waals surface area contributed by atoms with Crippen molar-refractivity contribution in [2.24, 2.45) is 0 Å². The van der Waals surface area contributed by atoms with Gasteiger partial charge in [-0.2, -0.15) is 15.2 Å². The second-order valence-electron chi connectivity index (χ2n) is 4.19. The Labute approximate surface area is 114 Å². The molecule has 7 heteroatoms. The maximum atomic E-state index is 8.64. The van der Waals surface area contributed by atoms with Gasteiger partial charge in [-0.05, 0) is 17.7 Å². The van der Waals surface area contributed by atoms with Gasteiger partial charge >= 0.3 is 0 Å². The quantitative estimate of drug-likeness (QED) is 0.664. The van der Waals surface area contributed by atoms with Crippen LogP contribution in [-0.2, 0) is 6.42 Å². The number of imidazole rings is 1. The fourth-order valence-corrected chi connectivity index (χ4v) is 1.87. The van der Waals surface area contributed by atoms with Crippen LogP contribution >= 0.6 is 0 Å². The minimum Gasteiger partial charge on any atom is -0.368 e. The number of nitrogens with two attached hydrogens (primary N) is 1. The maximum absolute atomic E-state index is 8.64. The van der Waals surface area contributed by atoms with Crippen molar-refractivity contribution < 1.29 is 0 Å². The Morgan fingerprint density at radius 1 is 1.25 bits per heavy atom. The molecule has 0 fully saturated rings. The van der Waals surface area contributed by atoms with Gasteiger partial charge in [-0.1, -0.05) is 12.1 Å². The van der Waals surface area contributed by atoms with Crippen LogP contribution in [0.3, 0.4) is 0 Å². The van der Waals surface area contributed by atoms with Gasteiger partial charge in [-0.25, -0.2) is 4.98 Å². The molecule has 4 N–H and O–H groups in total. The third-order valence-electron chi connectivity index (χ3n) is 2.80. The summed E-state index contributed by atoms with van der Waals surface area (Å²) in [6.07, 6.45) is 1.94. The van der Waals surface area contributed by atoms with Crippen molar-refractivity contribution in [2.45, 2.75) is 6.42 Å². The highest BCUT2D eigenvalue weighted by Crippen LogP contribution is 2.22. The molecule has 0 aliphatic heterocycles. The summed E-state index contributed by atoms with van der Waals surface area (Å²) in [5.74, 6) is 0.728. The Hall–Kier alpha value is -3.14. The molecule has 0 atom stereocenters. The molecule has 7 nitrogen and oxygen atoms in total. The van der Waals surface area contributed by atoms with Crippen LogP contribution in [0, 0.1) is 11.3 Å². The molecule has 0 aliphatic rings. The highest BCUT2D eigenvalue weighted by atomic mass is 15.1. The van der Waals surface area contributed by atoms with Crippen LogP contribution in [0.25, 0.3) is 11.2 Å². The normalized spacial score (nSPS) is 10.3. The molecule has 0 saturated heterocycles. The number of rotatable bonds is 3. The van der Waals surface area contributed by atoms with E-state index in [-0.39, 0.29) is 5.95 Å². The molecule has 2 heterocycles. The first-order valence-corrected chi connectivity index (χ1v) is 5.96. The SMILES string of the molecule is N#CCc1ccc(Nc2nc(N)nc3nc[nH]c23)cc1. The monoisotopic (exact) mass is 265 g/mol.